The maximum atomic E-state index is 12.4. The van der Waals surface area contributed by atoms with E-state index in [0.717, 1.165) is 12.8 Å². The van der Waals surface area contributed by atoms with Crippen LogP contribution in [0, 0.1) is 16.7 Å². The van der Waals surface area contributed by atoms with Crippen LogP contribution in [0.2, 0.25) is 0 Å². The number of hydrogen-bond acceptors (Lipinski definition) is 6. The van der Waals surface area contributed by atoms with Crippen LogP contribution in [0.25, 0.3) is 0 Å². The second-order valence-corrected chi connectivity index (χ2v) is 7.57. The van der Waals surface area contributed by atoms with E-state index < -0.39 is 34.6 Å². The molecule has 6 nitrogen and oxygen atoms in total. The summed E-state index contributed by atoms with van der Waals surface area (Å²) in [5.41, 5.74) is -2.42. The van der Waals surface area contributed by atoms with Gasteiger partial charge in [-0.3, -0.25) is 4.79 Å². The molecular formula is C16H20O6. The van der Waals surface area contributed by atoms with Crippen LogP contribution in [0.5, 0.6) is 0 Å². The first kappa shape index (κ1) is 14.2. The molecule has 2 aliphatic carbocycles. The lowest BCUT2D eigenvalue weighted by atomic mass is 9.46. The number of aliphatic hydroxyl groups excluding tert-OH is 1. The van der Waals surface area contributed by atoms with E-state index in [1.807, 2.05) is 13.8 Å². The second-order valence-electron chi connectivity index (χ2n) is 7.57. The van der Waals surface area contributed by atoms with Crippen LogP contribution in [-0.4, -0.2) is 46.6 Å². The average Bonchev–Trinajstić information content (AvgIpc) is 2.73. The Morgan fingerprint density at radius 1 is 1.23 bits per heavy atom. The van der Waals surface area contributed by atoms with Gasteiger partial charge in [0.2, 0.25) is 0 Å². The lowest BCUT2D eigenvalue weighted by Crippen LogP contribution is -2.68. The minimum absolute atomic E-state index is 0.242. The molecule has 2 heterocycles. The highest BCUT2D eigenvalue weighted by Gasteiger charge is 2.72. The van der Waals surface area contributed by atoms with E-state index in [4.69, 9.17) is 9.47 Å². The van der Waals surface area contributed by atoms with Crippen molar-refractivity contribution in [3.8, 4) is 0 Å². The Morgan fingerprint density at radius 2 is 1.91 bits per heavy atom. The van der Waals surface area contributed by atoms with E-state index in [1.165, 1.54) is 6.08 Å². The molecule has 6 atom stereocenters. The minimum atomic E-state index is -1.67. The standard InChI is InChI=1S/C16H20O6/c1-14-4-3-5-15(2)11(14)10(22-13(15)19)12(18)16(20)7-21-9(17)6-8(14)16/h6,10-12,18,20H,3-5,7H2,1-2H3. The fourth-order valence-corrected chi connectivity index (χ4v) is 5.39. The first-order valence-corrected chi connectivity index (χ1v) is 7.74. The van der Waals surface area contributed by atoms with Gasteiger partial charge < -0.3 is 19.7 Å². The Labute approximate surface area is 128 Å². The predicted molar refractivity (Wildman–Crippen MR) is 73.4 cm³/mol. The third-order valence-electron chi connectivity index (χ3n) is 6.38. The van der Waals surface area contributed by atoms with Crippen LogP contribution < -0.4 is 0 Å². The molecule has 0 spiro atoms. The van der Waals surface area contributed by atoms with E-state index in [1.54, 1.807) is 0 Å². The molecule has 120 valence electrons. The van der Waals surface area contributed by atoms with Gasteiger partial charge in [-0.25, -0.2) is 4.79 Å². The molecule has 2 N–H and O–H groups in total. The molecule has 0 radical (unpaired) electrons. The maximum Gasteiger partial charge on any atom is 0.330 e. The van der Waals surface area contributed by atoms with Crippen LogP contribution in [-0.2, 0) is 19.1 Å². The quantitative estimate of drug-likeness (QED) is 0.626. The van der Waals surface area contributed by atoms with Gasteiger partial charge >= 0.3 is 11.9 Å². The Morgan fingerprint density at radius 3 is 2.64 bits per heavy atom. The molecule has 22 heavy (non-hydrogen) atoms. The maximum absolute atomic E-state index is 12.4. The smallest absolute Gasteiger partial charge is 0.330 e. The summed E-state index contributed by atoms with van der Waals surface area (Å²) in [5.74, 6) is -1.07. The highest BCUT2D eigenvalue weighted by molar-refractivity contribution is 5.86. The van der Waals surface area contributed by atoms with Gasteiger partial charge in [-0.05, 0) is 30.8 Å². The summed E-state index contributed by atoms with van der Waals surface area (Å²) < 4.78 is 10.4. The number of cyclic esters (lactones) is 1. The van der Waals surface area contributed by atoms with Crippen molar-refractivity contribution >= 4 is 11.9 Å². The number of fused-ring (bicyclic) bond motifs is 2. The Hall–Kier alpha value is -1.40. The average molecular weight is 308 g/mol. The van der Waals surface area contributed by atoms with Crippen molar-refractivity contribution < 1.29 is 29.3 Å². The summed E-state index contributed by atoms with van der Waals surface area (Å²) in [6.07, 6.45) is 1.51. The van der Waals surface area contributed by atoms with Crippen LogP contribution in [0.1, 0.15) is 33.1 Å². The highest BCUT2D eigenvalue weighted by Crippen LogP contribution is 2.65. The molecule has 0 aromatic heterocycles. The summed E-state index contributed by atoms with van der Waals surface area (Å²) in [6.45, 7) is 3.54. The number of aliphatic hydroxyl groups is 2. The molecule has 2 aliphatic heterocycles. The summed E-state index contributed by atoms with van der Waals surface area (Å²) >= 11 is 0. The van der Waals surface area contributed by atoms with Crippen molar-refractivity contribution in [2.24, 2.45) is 16.7 Å². The van der Waals surface area contributed by atoms with Gasteiger partial charge in [0.05, 0.1) is 5.41 Å². The van der Waals surface area contributed by atoms with Gasteiger partial charge in [0, 0.05) is 12.0 Å². The van der Waals surface area contributed by atoms with Crippen LogP contribution in [0.15, 0.2) is 11.6 Å². The summed E-state index contributed by atoms with van der Waals surface area (Å²) in [6, 6.07) is 0. The summed E-state index contributed by atoms with van der Waals surface area (Å²) in [5, 5.41) is 21.6. The molecule has 6 heteroatoms. The molecular weight excluding hydrogens is 288 g/mol. The number of carbonyl (C=O) groups excluding carboxylic acids is 2. The Bertz CT molecular complexity index is 612. The normalized spacial score (nSPS) is 53.1. The number of rotatable bonds is 0. The zero-order valence-corrected chi connectivity index (χ0v) is 12.7. The molecule has 0 bridgehead atoms. The van der Waals surface area contributed by atoms with Gasteiger partial charge in [-0.1, -0.05) is 13.3 Å². The zero-order chi connectivity index (χ0) is 15.9. The van der Waals surface area contributed by atoms with Gasteiger partial charge in [-0.2, -0.15) is 0 Å². The van der Waals surface area contributed by atoms with E-state index in [9.17, 15) is 19.8 Å². The topological polar surface area (TPSA) is 93.1 Å². The lowest BCUT2D eigenvalue weighted by molar-refractivity contribution is -0.199. The van der Waals surface area contributed by atoms with E-state index >= 15 is 0 Å². The number of esters is 2. The molecule has 1 saturated heterocycles. The summed E-state index contributed by atoms with van der Waals surface area (Å²) in [7, 11) is 0. The Kier molecular flexibility index (Phi) is 2.53. The minimum Gasteiger partial charge on any atom is -0.459 e. The van der Waals surface area contributed by atoms with Crippen molar-refractivity contribution in [1.82, 2.24) is 0 Å². The first-order valence-electron chi connectivity index (χ1n) is 7.74. The number of carbonyl (C=O) groups is 2. The second kappa shape index (κ2) is 3.92. The van der Waals surface area contributed by atoms with Gasteiger partial charge in [0.1, 0.15) is 18.8 Å². The van der Waals surface area contributed by atoms with Crippen LogP contribution >= 0.6 is 0 Å². The van der Waals surface area contributed by atoms with Crippen LogP contribution in [0.4, 0.5) is 0 Å². The molecule has 2 saturated carbocycles. The van der Waals surface area contributed by atoms with E-state index in [0.29, 0.717) is 12.0 Å². The third kappa shape index (κ3) is 1.38. The van der Waals surface area contributed by atoms with Gasteiger partial charge in [0.25, 0.3) is 0 Å². The molecule has 3 fully saturated rings. The van der Waals surface area contributed by atoms with E-state index in [-0.39, 0.29) is 18.5 Å². The fraction of sp³-hybridized carbons (Fsp3) is 0.750. The van der Waals surface area contributed by atoms with Crippen molar-refractivity contribution in [3.05, 3.63) is 11.6 Å². The van der Waals surface area contributed by atoms with Gasteiger partial charge in [-0.15, -0.1) is 0 Å². The largest absolute Gasteiger partial charge is 0.459 e. The summed E-state index contributed by atoms with van der Waals surface area (Å²) in [4.78, 5) is 24.1. The Balaban J connectivity index is 1.95. The van der Waals surface area contributed by atoms with Crippen molar-refractivity contribution in [3.63, 3.8) is 0 Å². The molecule has 4 rings (SSSR count). The highest BCUT2D eigenvalue weighted by atomic mass is 16.6. The molecule has 0 aromatic carbocycles. The monoisotopic (exact) mass is 308 g/mol. The fourth-order valence-electron chi connectivity index (χ4n) is 5.39. The molecule has 0 aromatic rings. The van der Waals surface area contributed by atoms with Crippen molar-refractivity contribution in [2.45, 2.75) is 50.9 Å². The molecule has 6 unspecified atom stereocenters. The molecule has 4 aliphatic rings. The van der Waals surface area contributed by atoms with Gasteiger partial charge in [0.15, 0.2) is 5.60 Å². The SMILES string of the molecule is CC12CCCC3(C)C4=CC(=O)OCC4(O)C(O)C(OC1=O)C23. The third-order valence-corrected chi connectivity index (χ3v) is 6.38. The van der Waals surface area contributed by atoms with E-state index in [2.05, 4.69) is 0 Å². The lowest BCUT2D eigenvalue weighted by Gasteiger charge is -2.58. The predicted octanol–water partition coefficient (Wildman–Crippen LogP) is 0.313. The first-order chi connectivity index (χ1) is 10.2. The number of ether oxygens (including phenoxy) is 2. The van der Waals surface area contributed by atoms with Crippen LogP contribution in [0.3, 0.4) is 0 Å². The zero-order valence-electron chi connectivity index (χ0n) is 12.7. The van der Waals surface area contributed by atoms with Crippen molar-refractivity contribution in [1.29, 1.82) is 0 Å². The van der Waals surface area contributed by atoms with Crippen molar-refractivity contribution in [2.75, 3.05) is 6.61 Å². The number of hydrogen-bond donors (Lipinski definition) is 2. The molecule has 0 amide bonds.